The van der Waals surface area contributed by atoms with Crippen molar-refractivity contribution in [2.45, 2.75) is 19.5 Å². The van der Waals surface area contributed by atoms with Crippen LogP contribution in [0.2, 0.25) is 5.02 Å². The lowest BCUT2D eigenvalue weighted by molar-refractivity contribution is -0.139. The van der Waals surface area contributed by atoms with E-state index in [0.29, 0.717) is 0 Å². The fourth-order valence-electron chi connectivity index (χ4n) is 2.82. The molecule has 0 fully saturated rings. The van der Waals surface area contributed by atoms with Crippen LogP contribution in [-0.4, -0.2) is 51.0 Å². The third-order valence-corrected chi connectivity index (χ3v) is 5.86. The highest BCUT2D eigenvalue weighted by molar-refractivity contribution is 7.92. The van der Waals surface area contributed by atoms with Gasteiger partial charge in [-0.15, -0.1) is 0 Å². The van der Waals surface area contributed by atoms with Crippen molar-refractivity contribution in [3.8, 4) is 0 Å². The summed E-state index contributed by atoms with van der Waals surface area (Å²) < 4.78 is 25.7. The molecule has 0 heterocycles. The van der Waals surface area contributed by atoms with Gasteiger partial charge in [0.15, 0.2) is 0 Å². The van der Waals surface area contributed by atoms with Gasteiger partial charge in [0.1, 0.15) is 12.6 Å². The van der Waals surface area contributed by atoms with E-state index in [1.54, 1.807) is 25.1 Å². The normalized spacial score (nSPS) is 12.1. The van der Waals surface area contributed by atoms with Crippen molar-refractivity contribution < 1.29 is 18.0 Å². The lowest BCUT2D eigenvalue weighted by Gasteiger charge is -2.31. The number of carbonyl (C=O) groups is 2. The number of rotatable bonds is 8. The highest BCUT2D eigenvalue weighted by atomic mass is 35.5. The summed E-state index contributed by atoms with van der Waals surface area (Å²) in [4.78, 5) is 26.7. The Bertz CT molecular complexity index is 967. The van der Waals surface area contributed by atoms with Gasteiger partial charge in [0.25, 0.3) is 0 Å². The molecule has 2 rings (SSSR count). The molecule has 0 radical (unpaired) electrons. The van der Waals surface area contributed by atoms with Gasteiger partial charge in [-0.05, 0) is 24.6 Å². The van der Waals surface area contributed by atoms with Gasteiger partial charge in [0.05, 0.1) is 17.0 Å². The highest BCUT2D eigenvalue weighted by Gasteiger charge is 2.30. The first kappa shape index (κ1) is 22.7. The molecule has 9 heteroatoms. The second kappa shape index (κ2) is 9.76. The lowest BCUT2D eigenvalue weighted by Crippen LogP contribution is -2.50. The Morgan fingerprint density at radius 3 is 2.21 bits per heavy atom. The number of benzene rings is 2. The molecule has 29 heavy (non-hydrogen) atoms. The van der Waals surface area contributed by atoms with E-state index in [4.69, 9.17) is 11.6 Å². The molecule has 0 aliphatic rings. The third kappa shape index (κ3) is 5.95. The molecule has 0 spiro atoms. The Morgan fingerprint density at radius 1 is 1.07 bits per heavy atom. The van der Waals surface area contributed by atoms with E-state index in [-0.39, 0.29) is 23.2 Å². The summed E-state index contributed by atoms with van der Waals surface area (Å²) in [5.74, 6) is -0.867. The van der Waals surface area contributed by atoms with Crippen LogP contribution >= 0.6 is 11.6 Å². The number of carbonyl (C=O) groups excluding carboxylic acids is 2. The van der Waals surface area contributed by atoms with Gasteiger partial charge >= 0.3 is 0 Å². The summed E-state index contributed by atoms with van der Waals surface area (Å²) in [6.45, 7) is 1.28. The number of anilines is 1. The number of hydrogen-bond donors (Lipinski definition) is 1. The van der Waals surface area contributed by atoms with Crippen molar-refractivity contribution in [2.75, 3.05) is 24.2 Å². The summed E-state index contributed by atoms with van der Waals surface area (Å²) in [5, 5.41) is 2.73. The van der Waals surface area contributed by atoms with E-state index in [1.807, 2.05) is 30.3 Å². The second-order valence-electron chi connectivity index (χ2n) is 6.52. The predicted molar refractivity (Wildman–Crippen MR) is 114 cm³/mol. The molecule has 0 bridgehead atoms. The van der Waals surface area contributed by atoms with Crippen molar-refractivity contribution >= 4 is 39.1 Å². The molecule has 0 aliphatic carbocycles. The zero-order valence-corrected chi connectivity index (χ0v) is 18.1. The van der Waals surface area contributed by atoms with Gasteiger partial charge in [-0.1, -0.05) is 54.1 Å². The van der Waals surface area contributed by atoms with Crippen LogP contribution in [0.3, 0.4) is 0 Å². The molecule has 0 saturated carbocycles. The molecule has 0 unspecified atom stereocenters. The van der Waals surface area contributed by atoms with Crippen LogP contribution in [0.4, 0.5) is 5.69 Å². The van der Waals surface area contributed by atoms with Gasteiger partial charge in [0, 0.05) is 13.6 Å². The zero-order chi connectivity index (χ0) is 21.6. The minimum absolute atomic E-state index is 0.161. The first-order valence-corrected chi connectivity index (χ1v) is 11.1. The van der Waals surface area contributed by atoms with Gasteiger partial charge < -0.3 is 10.2 Å². The maximum absolute atomic E-state index is 13.1. The van der Waals surface area contributed by atoms with E-state index < -0.39 is 28.5 Å². The Kier molecular flexibility index (Phi) is 7.64. The summed E-state index contributed by atoms with van der Waals surface area (Å²) in [6, 6.07) is 14.8. The summed E-state index contributed by atoms with van der Waals surface area (Å²) in [7, 11) is -2.31. The predicted octanol–water partition coefficient (Wildman–Crippen LogP) is 2.27. The number of hydrogen-bond acceptors (Lipinski definition) is 4. The molecular formula is C20H24ClN3O4S. The number of likely N-dealkylation sites (N-methyl/N-ethyl adjacent to an activating group) is 1. The number of nitrogens with zero attached hydrogens (tertiary/aromatic N) is 2. The maximum atomic E-state index is 13.1. The van der Waals surface area contributed by atoms with E-state index in [1.165, 1.54) is 18.0 Å². The van der Waals surface area contributed by atoms with E-state index >= 15 is 0 Å². The van der Waals surface area contributed by atoms with Crippen LogP contribution in [0.5, 0.6) is 0 Å². The summed E-state index contributed by atoms with van der Waals surface area (Å²) in [6.07, 6.45) is 1.01. The third-order valence-electron chi connectivity index (χ3n) is 4.41. The molecule has 7 nitrogen and oxygen atoms in total. The van der Waals surface area contributed by atoms with E-state index in [9.17, 15) is 18.0 Å². The highest BCUT2D eigenvalue weighted by Crippen LogP contribution is 2.27. The zero-order valence-electron chi connectivity index (χ0n) is 16.5. The lowest BCUT2D eigenvalue weighted by atomic mass is 10.1. The van der Waals surface area contributed by atoms with Crippen molar-refractivity contribution in [1.82, 2.24) is 10.2 Å². The number of amides is 2. The van der Waals surface area contributed by atoms with Crippen LogP contribution in [0, 0.1) is 0 Å². The minimum Gasteiger partial charge on any atom is -0.357 e. The molecule has 2 aromatic rings. The molecule has 156 valence electrons. The van der Waals surface area contributed by atoms with Gasteiger partial charge in [-0.2, -0.15) is 0 Å². The van der Waals surface area contributed by atoms with Gasteiger partial charge in [-0.25, -0.2) is 8.42 Å². The number of sulfonamides is 1. The molecule has 2 aromatic carbocycles. The standard InChI is InChI=1S/C20H24ClN3O4S/c1-15(20(26)22-2)23(13-16-9-5-4-6-10-16)19(25)14-24(29(3,27)28)18-12-8-7-11-17(18)21/h4-12,15H,13-14H2,1-3H3,(H,22,26)/t15-/m0/s1. The number of halogens is 1. The van der Waals surface area contributed by atoms with E-state index in [0.717, 1.165) is 16.1 Å². The molecule has 0 saturated heterocycles. The molecular weight excluding hydrogens is 414 g/mol. The topological polar surface area (TPSA) is 86.8 Å². The molecule has 1 N–H and O–H groups in total. The Labute approximate surface area is 176 Å². The van der Waals surface area contributed by atoms with Crippen molar-refractivity contribution in [3.05, 3.63) is 65.2 Å². The van der Waals surface area contributed by atoms with Gasteiger partial charge in [0.2, 0.25) is 21.8 Å². The fraction of sp³-hybridized carbons (Fsp3) is 0.300. The van der Waals surface area contributed by atoms with Crippen LogP contribution in [-0.2, 0) is 26.2 Å². The van der Waals surface area contributed by atoms with Crippen LogP contribution in [0.15, 0.2) is 54.6 Å². The summed E-state index contributed by atoms with van der Waals surface area (Å²) >= 11 is 6.16. The monoisotopic (exact) mass is 437 g/mol. The minimum atomic E-state index is -3.79. The van der Waals surface area contributed by atoms with Crippen LogP contribution in [0.25, 0.3) is 0 Å². The van der Waals surface area contributed by atoms with E-state index in [2.05, 4.69) is 5.32 Å². The average Bonchev–Trinajstić information content (AvgIpc) is 2.69. The van der Waals surface area contributed by atoms with Crippen LogP contribution in [0.1, 0.15) is 12.5 Å². The van der Waals surface area contributed by atoms with Crippen LogP contribution < -0.4 is 9.62 Å². The van der Waals surface area contributed by atoms with Crippen molar-refractivity contribution in [2.24, 2.45) is 0 Å². The second-order valence-corrected chi connectivity index (χ2v) is 8.83. The number of para-hydroxylation sites is 1. The maximum Gasteiger partial charge on any atom is 0.244 e. The smallest absolute Gasteiger partial charge is 0.244 e. The first-order valence-electron chi connectivity index (χ1n) is 8.92. The quantitative estimate of drug-likeness (QED) is 0.686. The SMILES string of the molecule is CNC(=O)[C@H](C)N(Cc1ccccc1)C(=O)CN(c1ccccc1Cl)S(C)(=O)=O. The fourth-order valence-corrected chi connectivity index (χ4v) is 3.97. The molecule has 0 aliphatic heterocycles. The first-order chi connectivity index (χ1) is 13.6. The Morgan fingerprint density at radius 2 is 1.66 bits per heavy atom. The summed E-state index contributed by atoms with van der Waals surface area (Å²) in [5.41, 5.74) is 1.03. The molecule has 1 atom stereocenters. The Hall–Kier alpha value is -2.58. The molecule has 0 aromatic heterocycles. The molecule has 2 amide bonds. The Balaban J connectivity index is 2.37. The van der Waals surface area contributed by atoms with Crippen molar-refractivity contribution in [1.29, 1.82) is 0 Å². The van der Waals surface area contributed by atoms with Gasteiger partial charge in [-0.3, -0.25) is 13.9 Å². The number of nitrogens with one attached hydrogen (secondary N) is 1. The van der Waals surface area contributed by atoms with Crippen molar-refractivity contribution in [3.63, 3.8) is 0 Å². The largest absolute Gasteiger partial charge is 0.357 e. The average molecular weight is 438 g/mol.